The molecule has 44 heavy (non-hydrogen) atoms. The Morgan fingerprint density at radius 2 is 1.95 bits per heavy atom. The summed E-state index contributed by atoms with van der Waals surface area (Å²) in [6, 6.07) is 8.66. The molecule has 1 N–H and O–H groups in total. The summed E-state index contributed by atoms with van der Waals surface area (Å²) in [6.07, 6.45) is 5.03. The molecule has 14 heteroatoms. The fourth-order valence-corrected chi connectivity index (χ4v) is 7.51. The number of hydrogen-bond donors (Lipinski definition) is 1. The van der Waals surface area contributed by atoms with E-state index >= 15 is 0 Å². The maximum Gasteiger partial charge on any atom is 0.329 e. The number of carbonyl (C=O) groups is 1. The molecule has 1 aliphatic carbocycles. The number of nitrogens with one attached hydrogen (secondary N) is 1. The van der Waals surface area contributed by atoms with Gasteiger partial charge < -0.3 is 19.5 Å². The van der Waals surface area contributed by atoms with Gasteiger partial charge in [0.15, 0.2) is 5.88 Å². The third kappa shape index (κ3) is 4.97. The van der Waals surface area contributed by atoms with Gasteiger partial charge in [-0.15, -0.1) is 0 Å². The van der Waals surface area contributed by atoms with Crippen molar-refractivity contribution in [3.63, 3.8) is 0 Å². The molecule has 2 atom stereocenters. The molecule has 4 aromatic heterocycles. The van der Waals surface area contributed by atoms with Crippen molar-refractivity contribution < 1.29 is 26.7 Å². The van der Waals surface area contributed by atoms with Gasteiger partial charge in [0, 0.05) is 42.7 Å². The monoisotopic (exact) mass is 627 g/mol. The van der Waals surface area contributed by atoms with Crippen LogP contribution in [0.1, 0.15) is 41.7 Å². The first-order chi connectivity index (χ1) is 21.0. The van der Waals surface area contributed by atoms with Gasteiger partial charge in [-0.1, -0.05) is 0 Å². The second-order valence-electron chi connectivity index (χ2n) is 12.2. The van der Waals surface area contributed by atoms with Crippen LogP contribution >= 0.6 is 0 Å². The summed E-state index contributed by atoms with van der Waals surface area (Å²) in [6.45, 7) is 1.61. The molecule has 0 aromatic carbocycles. The highest BCUT2D eigenvalue weighted by Gasteiger charge is 2.37. The molecule has 234 valence electrons. The number of pyridine rings is 2. The van der Waals surface area contributed by atoms with Gasteiger partial charge in [0.1, 0.15) is 22.8 Å². The smallest absolute Gasteiger partial charge is 0.329 e. The van der Waals surface area contributed by atoms with Crippen LogP contribution in [0.3, 0.4) is 0 Å². The summed E-state index contributed by atoms with van der Waals surface area (Å²) in [5, 5.41) is 4.22. The molecule has 0 unspecified atom stereocenters. The molecular formula is C30H35F2N7O4S. The number of imidazole rings is 1. The number of anilines is 1. The average Bonchev–Trinajstić information content (AvgIpc) is 3.44. The van der Waals surface area contributed by atoms with Gasteiger partial charge in [-0.2, -0.15) is 13.1 Å². The number of carbonyl (C=O) groups excluding carboxylic acids is 1. The lowest BCUT2D eigenvalue weighted by atomic mass is 9.94. The molecule has 1 saturated carbocycles. The Labute approximate surface area is 253 Å². The van der Waals surface area contributed by atoms with Crippen LogP contribution in [0.15, 0.2) is 30.3 Å². The van der Waals surface area contributed by atoms with Crippen LogP contribution in [-0.4, -0.2) is 83.8 Å². The van der Waals surface area contributed by atoms with Crippen molar-refractivity contribution in [3.8, 4) is 17.3 Å². The SMILES string of the molecule is COc1cc(C(=O)N2C[C@H]3CCCN[C@H]3C2)cc2nc(-c3cc4ccc(N(C(F)F)S(C)(=O)=O)nc4n3CC3CC3)c(C)n12. The van der Waals surface area contributed by atoms with E-state index in [2.05, 4.69) is 10.3 Å². The zero-order valence-corrected chi connectivity index (χ0v) is 25.6. The first kappa shape index (κ1) is 29.0. The van der Waals surface area contributed by atoms with Crippen molar-refractivity contribution in [1.29, 1.82) is 0 Å². The summed E-state index contributed by atoms with van der Waals surface area (Å²) in [5.41, 5.74) is 3.60. The van der Waals surface area contributed by atoms with E-state index in [9.17, 15) is 22.0 Å². The van der Waals surface area contributed by atoms with Crippen molar-refractivity contribution >= 4 is 38.4 Å². The maximum atomic E-state index is 13.8. The Balaban J connectivity index is 1.32. The normalized spacial score (nSPS) is 20.5. The summed E-state index contributed by atoms with van der Waals surface area (Å²) in [5.74, 6) is 0.934. The number of aryl methyl sites for hydroxylation is 1. The second kappa shape index (κ2) is 10.7. The molecular weight excluding hydrogens is 592 g/mol. The number of nitrogens with zero attached hydrogens (tertiary/aromatic N) is 6. The highest BCUT2D eigenvalue weighted by molar-refractivity contribution is 7.92. The van der Waals surface area contributed by atoms with E-state index in [1.807, 2.05) is 26.9 Å². The van der Waals surface area contributed by atoms with Crippen molar-refractivity contribution in [3.05, 3.63) is 41.6 Å². The van der Waals surface area contributed by atoms with Gasteiger partial charge in [-0.25, -0.2) is 18.4 Å². The molecule has 0 spiro atoms. The van der Waals surface area contributed by atoms with E-state index in [-0.39, 0.29) is 16.0 Å². The standard InChI is InChI=1S/C30H35F2N7O4S/c1-17-27(23-11-19-8-9-24(39(30(31)32)44(3,41)42)35-28(19)37(23)14-18-6-7-18)34-25-12-21(13-26(43-2)38(17)25)29(40)36-15-20-5-4-10-33-22(20)16-36/h8-9,11-13,18,20,22,30,33H,4-7,10,14-16H2,1-3H3/t20-,22+/m1/s1. The van der Waals surface area contributed by atoms with Crippen LogP contribution in [0.2, 0.25) is 0 Å². The van der Waals surface area contributed by atoms with Crippen LogP contribution in [0.5, 0.6) is 5.88 Å². The number of amides is 1. The summed E-state index contributed by atoms with van der Waals surface area (Å²) in [7, 11) is -2.70. The van der Waals surface area contributed by atoms with Gasteiger partial charge in [0.05, 0.1) is 24.8 Å². The Kier molecular flexibility index (Phi) is 7.03. The van der Waals surface area contributed by atoms with Gasteiger partial charge in [-0.3, -0.25) is 9.20 Å². The molecule has 4 aromatic rings. The van der Waals surface area contributed by atoms with Crippen LogP contribution in [0, 0.1) is 18.8 Å². The number of alkyl halides is 2. The minimum Gasteiger partial charge on any atom is -0.482 e. The van der Waals surface area contributed by atoms with Gasteiger partial charge >= 0.3 is 6.55 Å². The number of likely N-dealkylation sites (tertiary alicyclic amines) is 1. The molecule has 0 radical (unpaired) electrons. The maximum absolute atomic E-state index is 13.8. The van der Waals surface area contributed by atoms with Crippen molar-refractivity contribution in [1.82, 2.24) is 29.2 Å². The lowest BCUT2D eigenvalue weighted by molar-refractivity contribution is 0.0785. The van der Waals surface area contributed by atoms with E-state index in [4.69, 9.17) is 9.72 Å². The molecule has 2 aliphatic heterocycles. The number of methoxy groups -OCH3 is 1. The van der Waals surface area contributed by atoms with Crippen LogP contribution in [-0.2, 0) is 16.6 Å². The van der Waals surface area contributed by atoms with E-state index in [1.165, 1.54) is 6.07 Å². The lowest BCUT2D eigenvalue weighted by Crippen LogP contribution is -2.41. The minimum atomic E-state index is -4.26. The number of fused-ring (bicyclic) bond motifs is 3. The lowest BCUT2D eigenvalue weighted by Gasteiger charge is -2.24. The van der Waals surface area contributed by atoms with E-state index in [1.54, 1.807) is 25.3 Å². The second-order valence-corrected chi connectivity index (χ2v) is 14.1. The molecule has 2 saturated heterocycles. The molecule has 7 rings (SSSR count). The number of ether oxygens (including phenoxy) is 1. The number of halogens is 2. The van der Waals surface area contributed by atoms with E-state index in [0.717, 1.165) is 56.4 Å². The molecule has 3 fully saturated rings. The largest absolute Gasteiger partial charge is 0.482 e. The third-order valence-electron chi connectivity index (χ3n) is 9.13. The fourth-order valence-electron chi connectivity index (χ4n) is 6.78. The molecule has 3 aliphatic rings. The van der Waals surface area contributed by atoms with Gasteiger partial charge in [-0.05, 0) is 75.3 Å². The van der Waals surface area contributed by atoms with Gasteiger partial charge in [0.2, 0.25) is 10.0 Å². The highest BCUT2D eigenvalue weighted by atomic mass is 32.2. The number of aromatic nitrogens is 4. The molecule has 6 heterocycles. The Hall–Kier alpha value is -3.78. The first-order valence-electron chi connectivity index (χ1n) is 14.9. The van der Waals surface area contributed by atoms with Crippen LogP contribution < -0.4 is 14.4 Å². The Bertz CT molecular complexity index is 1870. The molecule has 0 bridgehead atoms. The predicted octanol–water partition coefficient (Wildman–Crippen LogP) is 3.89. The summed E-state index contributed by atoms with van der Waals surface area (Å²) < 4.78 is 61.6. The Morgan fingerprint density at radius 3 is 2.64 bits per heavy atom. The van der Waals surface area contributed by atoms with E-state index < -0.39 is 16.6 Å². The number of hydrogen-bond acceptors (Lipinski definition) is 7. The highest BCUT2D eigenvalue weighted by Crippen LogP contribution is 2.38. The summed E-state index contributed by atoms with van der Waals surface area (Å²) >= 11 is 0. The topological polar surface area (TPSA) is 114 Å². The van der Waals surface area contributed by atoms with Crippen LogP contribution in [0.25, 0.3) is 28.1 Å². The predicted molar refractivity (Wildman–Crippen MR) is 162 cm³/mol. The molecule has 11 nitrogen and oxygen atoms in total. The number of piperidine rings is 1. The minimum absolute atomic E-state index is 0.0332. The zero-order chi connectivity index (χ0) is 30.9. The van der Waals surface area contributed by atoms with Gasteiger partial charge in [0.25, 0.3) is 5.91 Å². The van der Waals surface area contributed by atoms with Crippen molar-refractivity contribution in [2.45, 2.75) is 51.7 Å². The number of sulfonamides is 1. The quantitative estimate of drug-likeness (QED) is 0.295. The van der Waals surface area contributed by atoms with Crippen LogP contribution in [0.4, 0.5) is 14.6 Å². The average molecular weight is 628 g/mol. The summed E-state index contributed by atoms with van der Waals surface area (Å²) in [4.78, 5) is 25.0. The fraction of sp³-hybridized carbons (Fsp3) is 0.500. The third-order valence-corrected chi connectivity index (χ3v) is 10.2. The van der Waals surface area contributed by atoms with Crippen molar-refractivity contribution in [2.75, 3.05) is 37.3 Å². The number of rotatable bonds is 8. The van der Waals surface area contributed by atoms with Crippen molar-refractivity contribution in [2.24, 2.45) is 11.8 Å². The zero-order valence-electron chi connectivity index (χ0n) is 24.8. The Morgan fingerprint density at radius 1 is 1.16 bits per heavy atom. The molecule has 1 amide bonds. The van der Waals surface area contributed by atoms with E-state index in [0.29, 0.717) is 64.8 Å². The first-order valence-corrected chi connectivity index (χ1v) is 16.8.